The van der Waals surface area contributed by atoms with Crippen molar-refractivity contribution in [3.63, 3.8) is 0 Å². The van der Waals surface area contributed by atoms with E-state index in [0.29, 0.717) is 11.8 Å². The first-order chi connectivity index (χ1) is 14.5. The first-order valence-corrected chi connectivity index (χ1v) is 13.2. The van der Waals surface area contributed by atoms with Crippen LogP contribution in [0.3, 0.4) is 0 Å². The van der Waals surface area contributed by atoms with Gasteiger partial charge in [0.15, 0.2) is 0 Å². The molecule has 2 aliphatic carbocycles. The fourth-order valence-corrected chi connectivity index (χ4v) is 6.78. The Kier molecular flexibility index (Phi) is 7.75. The highest BCUT2D eigenvalue weighted by Crippen LogP contribution is 2.62. The molecular weight excluding hydrogens is 412 g/mol. The maximum atomic E-state index is 11.1. The third-order valence-corrected chi connectivity index (χ3v) is 9.19. The summed E-state index contributed by atoms with van der Waals surface area (Å²) in [5, 5.41) is 0. The Morgan fingerprint density at radius 2 is 2.10 bits per heavy atom. The van der Waals surface area contributed by atoms with Crippen molar-refractivity contribution in [2.24, 2.45) is 28.6 Å². The molecule has 1 aromatic heterocycles. The van der Waals surface area contributed by atoms with Crippen molar-refractivity contribution in [2.45, 2.75) is 85.0 Å². The van der Waals surface area contributed by atoms with Crippen molar-refractivity contribution in [3.8, 4) is 0 Å². The zero-order valence-corrected chi connectivity index (χ0v) is 20.2. The fourth-order valence-electron chi connectivity index (χ4n) is 6.42. The monoisotopic (exact) mass is 451 g/mol. The van der Waals surface area contributed by atoms with E-state index < -0.39 is 10.4 Å². The number of allylic oxidation sites excluding steroid dienone is 1. The van der Waals surface area contributed by atoms with E-state index in [2.05, 4.69) is 27.4 Å². The molecule has 0 aliphatic heterocycles. The lowest BCUT2D eigenvalue weighted by Crippen LogP contribution is -2.50. The Labute approximate surface area is 188 Å². The fraction of sp³-hybridized carbons (Fsp3) is 0.760. The van der Waals surface area contributed by atoms with Crippen molar-refractivity contribution in [2.75, 3.05) is 6.61 Å². The van der Waals surface area contributed by atoms with Crippen LogP contribution in [0, 0.1) is 28.6 Å². The number of hydrogen-bond acceptors (Lipinski definition) is 5. The van der Waals surface area contributed by atoms with Crippen LogP contribution in [0.25, 0.3) is 0 Å². The van der Waals surface area contributed by atoms with Gasteiger partial charge in [0.05, 0.1) is 19.1 Å². The van der Waals surface area contributed by atoms with E-state index in [4.69, 9.17) is 8.60 Å². The predicted octanol–water partition coefficient (Wildman–Crippen LogP) is 6.27. The van der Waals surface area contributed by atoms with Gasteiger partial charge in [0.25, 0.3) is 0 Å². The summed E-state index contributed by atoms with van der Waals surface area (Å²) >= 11 is 0. The standard InChI is InChI=1S/C25H40O5S/c1-19-7-5-10-23-24(19,3)14-11-20(2)25(23,4)15-12-21(18-30-31(26,27)28)8-6-9-22-13-16-29-17-22/h13,16-17,20-21,23H,1,5-12,14-15,18H2,2-4H3,(H,26,27,28)/p-1/t20-,21?,23+,24-,25+/m1/s1. The molecular formula is C25H39O5S-. The summed E-state index contributed by atoms with van der Waals surface area (Å²) < 4.78 is 43.1. The Bertz CT molecular complexity index is 830. The van der Waals surface area contributed by atoms with Crippen molar-refractivity contribution >= 4 is 10.4 Å². The SMILES string of the molecule is C=C1CCC[C@@H]2[C@@](C)(CCC(CCCc3ccoc3)COS(=O)(=O)[O-])[C@H](C)CC[C@]12C. The normalized spacial score (nSPS) is 32.6. The number of rotatable bonds is 10. The van der Waals surface area contributed by atoms with Gasteiger partial charge in [-0.25, -0.2) is 8.42 Å². The van der Waals surface area contributed by atoms with Crippen LogP contribution in [0.5, 0.6) is 0 Å². The van der Waals surface area contributed by atoms with Gasteiger partial charge in [-0.2, -0.15) is 0 Å². The van der Waals surface area contributed by atoms with E-state index in [1.807, 2.05) is 6.07 Å². The third kappa shape index (κ3) is 5.82. The molecule has 31 heavy (non-hydrogen) atoms. The molecule has 1 aromatic rings. The lowest BCUT2D eigenvalue weighted by atomic mass is 9.46. The van der Waals surface area contributed by atoms with E-state index in [9.17, 15) is 13.0 Å². The lowest BCUT2D eigenvalue weighted by Gasteiger charge is -2.59. The Balaban J connectivity index is 1.67. The first kappa shape index (κ1) is 24.5. The van der Waals surface area contributed by atoms with E-state index in [0.717, 1.165) is 44.1 Å². The van der Waals surface area contributed by atoms with Crippen LogP contribution >= 0.6 is 0 Å². The third-order valence-electron chi connectivity index (χ3n) is 8.76. The van der Waals surface area contributed by atoms with Gasteiger partial charge in [0, 0.05) is 0 Å². The molecule has 6 heteroatoms. The van der Waals surface area contributed by atoms with Gasteiger partial charge in [-0.05, 0) is 104 Å². The smallest absolute Gasteiger partial charge is 0.217 e. The lowest BCUT2D eigenvalue weighted by molar-refractivity contribution is -0.0587. The van der Waals surface area contributed by atoms with Gasteiger partial charge in [0.1, 0.15) is 0 Å². The summed E-state index contributed by atoms with van der Waals surface area (Å²) in [5.41, 5.74) is 2.96. The van der Waals surface area contributed by atoms with Crippen molar-refractivity contribution in [3.05, 3.63) is 36.3 Å². The second-order valence-electron chi connectivity index (χ2n) is 10.5. The Morgan fingerprint density at radius 1 is 1.32 bits per heavy atom. The highest BCUT2D eigenvalue weighted by atomic mass is 32.3. The maximum absolute atomic E-state index is 11.1. The van der Waals surface area contributed by atoms with Crippen LogP contribution in [0.15, 0.2) is 35.2 Å². The van der Waals surface area contributed by atoms with Crippen molar-refractivity contribution in [1.29, 1.82) is 0 Å². The summed E-state index contributed by atoms with van der Waals surface area (Å²) in [6, 6.07) is 1.95. The van der Waals surface area contributed by atoms with Gasteiger partial charge < -0.3 is 8.97 Å². The van der Waals surface area contributed by atoms with Gasteiger partial charge in [-0.1, -0.05) is 32.9 Å². The molecule has 1 heterocycles. The van der Waals surface area contributed by atoms with Gasteiger partial charge >= 0.3 is 0 Å². The minimum absolute atomic E-state index is 0.0175. The van der Waals surface area contributed by atoms with Gasteiger partial charge in [-0.15, -0.1) is 0 Å². The molecule has 3 rings (SSSR count). The summed E-state index contributed by atoms with van der Waals surface area (Å²) in [6.07, 6.45) is 14.0. The molecule has 0 amide bonds. The zero-order valence-electron chi connectivity index (χ0n) is 19.4. The van der Waals surface area contributed by atoms with Crippen LogP contribution in [-0.4, -0.2) is 19.6 Å². The summed E-state index contributed by atoms with van der Waals surface area (Å²) in [7, 11) is -4.67. The number of hydrogen-bond donors (Lipinski definition) is 0. The second-order valence-corrected chi connectivity index (χ2v) is 11.6. The Morgan fingerprint density at radius 3 is 2.77 bits per heavy atom. The Hall–Kier alpha value is -1.11. The molecule has 176 valence electrons. The molecule has 0 N–H and O–H groups in total. The average molecular weight is 452 g/mol. The van der Waals surface area contributed by atoms with Crippen LogP contribution < -0.4 is 0 Å². The molecule has 0 radical (unpaired) electrons. The summed E-state index contributed by atoms with van der Waals surface area (Å²) in [6.45, 7) is 11.7. The number of fused-ring (bicyclic) bond motifs is 1. The van der Waals surface area contributed by atoms with E-state index in [1.165, 1.54) is 31.3 Å². The average Bonchev–Trinajstić information content (AvgIpc) is 3.21. The van der Waals surface area contributed by atoms with Gasteiger partial charge in [0.2, 0.25) is 10.4 Å². The summed E-state index contributed by atoms with van der Waals surface area (Å²) in [4.78, 5) is 0. The van der Waals surface area contributed by atoms with E-state index >= 15 is 0 Å². The molecule has 0 saturated heterocycles. The number of furan rings is 1. The molecule has 0 spiro atoms. The van der Waals surface area contributed by atoms with Crippen molar-refractivity contribution in [1.82, 2.24) is 0 Å². The summed E-state index contributed by atoms with van der Waals surface area (Å²) in [5.74, 6) is 1.28. The molecule has 2 aliphatic rings. The highest BCUT2D eigenvalue weighted by Gasteiger charge is 2.53. The van der Waals surface area contributed by atoms with Crippen LogP contribution in [0.1, 0.15) is 84.1 Å². The largest absolute Gasteiger partial charge is 0.726 e. The molecule has 0 bridgehead atoms. The van der Waals surface area contributed by atoms with Gasteiger partial charge in [-0.3, -0.25) is 4.18 Å². The molecule has 5 atom stereocenters. The minimum atomic E-state index is -4.67. The molecule has 5 nitrogen and oxygen atoms in total. The quantitative estimate of drug-likeness (QED) is 0.238. The van der Waals surface area contributed by atoms with E-state index in [-0.39, 0.29) is 23.4 Å². The number of aryl methyl sites for hydroxylation is 1. The highest BCUT2D eigenvalue weighted by molar-refractivity contribution is 7.80. The van der Waals surface area contributed by atoms with E-state index in [1.54, 1.807) is 12.5 Å². The van der Waals surface area contributed by atoms with Crippen LogP contribution in [0.4, 0.5) is 0 Å². The molecule has 2 fully saturated rings. The van der Waals surface area contributed by atoms with Crippen LogP contribution in [0.2, 0.25) is 0 Å². The van der Waals surface area contributed by atoms with Crippen LogP contribution in [-0.2, 0) is 21.0 Å². The topological polar surface area (TPSA) is 79.6 Å². The second kappa shape index (κ2) is 9.80. The predicted molar refractivity (Wildman–Crippen MR) is 121 cm³/mol. The van der Waals surface area contributed by atoms with Crippen molar-refractivity contribution < 1.29 is 21.6 Å². The minimum Gasteiger partial charge on any atom is -0.726 e. The first-order valence-electron chi connectivity index (χ1n) is 11.8. The molecule has 2 saturated carbocycles. The maximum Gasteiger partial charge on any atom is 0.217 e. The molecule has 1 unspecified atom stereocenters. The zero-order chi connectivity index (χ0) is 22.7. The molecule has 0 aromatic carbocycles.